The molecule has 2 fully saturated rings. The van der Waals surface area contributed by atoms with Gasteiger partial charge in [0.25, 0.3) is 0 Å². The van der Waals surface area contributed by atoms with Crippen molar-refractivity contribution < 1.29 is 0 Å². The average molecular weight is 220 g/mol. The molecule has 3 heterocycles. The van der Waals surface area contributed by atoms with Crippen molar-refractivity contribution in [1.29, 1.82) is 0 Å². The third-order valence-electron chi connectivity index (χ3n) is 4.23. The fraction of sp³-hybridized carbons (Fsp3) is 0.750. The lowest BCUT2D eigenvalue weighted by Gasteiger charge is -2.36. The molecule has 3 rings (SSSR count). The molecular weight excluding hydrogens is 200 g/mol. The van der Waals surface area contributed by atoms with E-state index in [1.807, 2.05) is 6.20 Å². The molecule has 2 atom stereocenters. The Morgan fingerprint density at radius 1 is 1.44 bits per heavy atom. The molecule has 2 saturated heterocycles. The van der Waals surface area contributed by atoms with Gasteiger partial charge in [-0.1, -0.05) is 0 Å². The predicted octanol–water partition coefficient (Wildman–Crippen LogP) is 1.12. The first kappa shape index (κ1) is 10.3. The molecule has 2 unspecified atom stereocenters. The maximum atomic E-state index is 4.04. The Hall–Kier alpha value is -0.870. The van der Waals surface area contributed by atoms with Gasteiger partial charge in [0.05, 0.1) is 6.33 Å². The lowest BCUT2D eigenvalue weighted by atomic mass is 9.98. The number of imidazole rings is 1. The van der Waals surface area contributed by atoms with Crippen molar-refractivity contribution in [3.63, 3.8) is 0 Å². The van der Waals surface area contributed by atoms with Crippen LogP contribution in [0.5, 0.6) is 0 Å². The summed E-state index contributed by atoms with van der Waals surface area (Å²) in [6.45, 7) is 0.924. The summed E-state index contributed by atoms with van der Waals surface area (Å²) in [4.78, 5) is 9.75. The first-order valence-electron chi connectivity index (χ1n) is 6.25. The third-order valence-corrected chi connectivity index (χ3v) is 4.23. The van der Waals surface area contributed by atoms with Crippen LogP contribution < -0.4 is 5.32 Å². The first-order valence-corrected chi connectivity index (χ1v) is 6.25. The summed E-state index contributed by atoms with van der Waals surface area (Å²) in [5.74, 6) is 0. The Morgan fingerprint density at radius 2 is 2.19 bits per heavy atom. The van der Waals surface area contributed by atoms with Crippen LogP contribution in [0.2, 0.25) is 0 Å². The van der Waals surface area contributed by atoms with E-state index in [-0.39, 0.29) is 0 Å². The molecule has 4 heteroatoms. The summed E-state index contributed by atoms with van der Waals surface area (Å²) in [6.07, 6.45) is 9.04. The number of piperidine rings is 1. The van der Waals surface area contributed by atoms with Crippen LogP contribution in [0.25, 0.3) is 0 Å². The second-order valence-corrected chi connectivity index (χ2v) is 5.18. The first-order chi connectivity index (χ1) is 7.83. The second kappa shape index (κ2) is 4.18. The van der Waals surface area contributed by atoms with Gasteiger partial charge in [-0.05, 0) is 32.7 Å². The van der Waals surface area contributed by atoms with Crippen LogP contribution in [0.4, 0.5) is 0 Å². The molecule has 0 radical (unpaired) electrons. The maximum Gasteiger partial charge on any atom is 0.0922 e. The summed E-state index contributed by atoms with van der Waals surface area (Å²) in [5.41, 5.74) is 1.19. The quantitative estimate of drug-likeness (QED) is 0.802. The topological polar surface area (TPSA) is 44.0 Å². The number of aromatic amines is 1. The summed E-state index contributed by atoms with van der Waals surface area (Å²) < 4.78 is 0. The lowest BCUT2D eigenvalue weighted by molar-refractivity contribution is 0.148. The van der Waals surface area contributed by atoms with Crippen molar-refractivity contribution in [3.05, 3.63) is 18.2 Å². The van der Waals surface area contributed by atoms with Crippen LogP contribution in [0.15, 0.2) is 12.5 Å². The summed E-state index contributed by atoms with van der Waals surface area (Å²) in [6, 6.07) is 2.33. The van der Waals surface area contributed by atoms with Gasteiger partial charge < -0.3 is 15.2 Å². The van der Waals surface area contributed by atoms with E-state index in [1.165, 1.54) is 31.4 Å². The van der Waals surface area contributed by atoms with Crippen molar-refractivity contribution in [2.45, 2.75) is 50.4 Å². The zero-order chi connectivity index (χ0) is 11.0. The lowest BCUT2D eigenvalue weighted by Crippen LogP contribution is -2.47. The van der Waals surface area contributed by atoms with Crippen molar-refractivity contribution in [2.24, 2.45) is 0 Å². The molecule has 2 aliphatic heterocycles. The summed E-state index contributed by atoms with van der Waals surface area (Å²) in [5, 5.41) is 3.65. The minimum atomic E-state index is 0.692. The number of rotatable bonds is 3. The van der Waals surface area contributed by atoms with Crippen LogP contribution in [-0.4, -0.2) is 40.0 Å². The molecular formula is C12H20N4. The van der Waals surface area contributed by atoms with Crippen molar-refractivity contribution in [3.8, 4) is 0 Å². The van der Waals surface area contributed by atoms with E-state index in [0.29, 0.717) is 6.04 Å². The molecule has 1 aromatic heterocycles. The van der Waals surface area contributed by atoms with Gasteiger partial charge in [0, 0.05) is 36.6 Å². The van der Waals surface area contributed by atoms with Gasteiger partial charge in [0.2, 0.25) is 0 Å². The summed E-state index contributed by atoms with van der Waals surface area (Å²) >= 11 is 0. The van der Waals surface area contributed by atoms with Crippen LogP contribution in [0, 0.1) is 0 Å². The number of hydrogen-bond acceptors (Lipinski definition) is 3. The minimum absolute atomic E-state index is 0.692. The van der Waals surface area contributed by atoms with Crippen molar-refractivity contribution in [1.82, 2.24) is 20.2 Å². The highest BCUT2D eigenvalue weighted by atomic mass is 15.2. The number of fused-ring (bicyclic) bond motifs is 2. The molecule has 0 aromatic carbocycles. The molecule has 16 heavy (non-hydrogen) atoms. The molecule has 2 aliphatic rings. The van der Waals surface area contributed by atoms with Crippen LogP contribution in [-0.2, 0) is 6.54 Å². The molecule has 0 amide bonds. The molecule has 1 aromatic rings. The zero-order valence-corrected chi connectivity index (χ0v) is 9.82. The van der Waals surface area contributed by atoms with Gasteiger partial charge >= 0.3 is 0 Å². The largest absolute Gasteiger partial charge is 0.347 e. The zero-order valence-electron chi connectivity index (χ0n) is 9.82. The van der Waals surface area contributed by atoms with Gasteiger partial charge in [-0.15, -0.1) is 0 Å². The van der Waals surface area contributed by atoms with Crippen LogP contribution in [0.3, 0.4) is 0 Å². The fourth-order valence-corrected chi connectivity index (χ4v) is 3.21. The molecule has 0 saturated carbocycles. The number of nitrogens with zero attached hydrogens (tertiary/aromatic N) is 2. The maximum absolute atomic E-state index is 4.04. The second-order valence-electron chi connectivity index (χ2n) is 5.18. The molecule has 4 nitrogen and oxygen atoms in total. The Kier molecular flexibility index (Phi) is 2.69. The fourth-order valence-electron chi connectivity index (χ4n) is 3.21. The highest BCUT2D eigenvalue weighted by Gasteiger charge is 2.37. The number of hydrogen-bond donors (Lipinski definition) is 2. The van der Waals surface area contributed by atoms with Gasteiger partial charge in [0.1, 0.15) is 0 Å². The highest BCUT2D eigenvalue weighted by Crippen LogP contribution is 2.34. The number of nitrogens with one attached hydrogen (secondary N) is 2. The van der Waals surface area contributed by atoms with E-state index in [2.05, 4.69) is 27.2 Å². The molecule has 2 bridgehead atoms. The van der Waals surface area contributed by atoms with Crippen molar-refractivity contribution in [2.75, 3.05) is 7.05 Å². The van der Waals surface area contributed by atoms with Gasteiger partial charge in [-0.25, -0.2) is 4.98 Å². The predicted molar refractivity (Wildman–Crippen MR) is 63.0 cm³/mol. The Morgan fingerprint density at radius 3 is 2.81 bits per heavy atom. The van der Waals surface area contributed by atoms with Crippen LogP contribution in [0.1, 0.15) is 31.4 Å². The number of H-pyrrole nitrogens is 1. The Balaban J connectivity index is 1.54. The minimum Gasteiger partial charge on any atom is -0.347 e. The van der Waals surface area contributed by atoms with E-state index in [4.69, 9.17) is 0 Å². The average Bonchev–Trinajstić information content (AvgIpc) is 2.84. The van der Waals surface area contributed by atoms with Gasteiger partial charge in [-0.3, -0.25) is 0 Å². The van der Waals surface area contributed by atoms with E-state index < -0.39 is 0 Å². The van der Waals surface area contributed by atoms with Gasteiger partial charge in [-0.2, -0.15) is 0 Å². The summed E-state index contributed by atoms with van der Waals surface area (Å²) in [7, 11) is 2.29. The van der Waals surface area contributed by atoms with E-state index in [0.717, 1.165) is 18.6 Å². The number of aromatic nitrogens is 2. The molecule has 0 aliphatic carbocycles. The van der Waals surface area contributed by atoms with E-state index in [1.54, 1.807) is 6.33 Å². The Labute approximate surface area is 96.4 Å². The molecule has 0 spiro atoms. The monoisotopic (exact) mass is 220 g/mol. The SMILES string of the molecule is CN1C2CCC1CC(NCc1cnc[nH]1)C2. The Bertz CT molecular complexity index is 321. The van der Waals surface area contributed by atoms with Crippen LogP contribution >= 0.6 is 0 Å². The normalized spacial score (nSPS) is 34.4. The standard InChI is InChI=1S/C12H20N4/c1-16-11-2-3-12(16)5-9(4-11)14-7-10-6-13-8-15-10/h6,8-9,11-12,14H,2-5,7H2,1H3,(H,13,15). The van der Waals surface area contributed by atoms with E-state index >= 15 is 0 Å². The molecule has 2 N–H and O–H groups in total. The smallest absolute Gasteiger partial charge is 0.0922 e. The highest BCUT2D eigenvalue weighted by molar-refractivity contribution is 4.98. The third kappa shape index (κ3) is 1.87. The van der Waals surface area contributed by atoms with Gasteiger partial charge in [0.15, 0.2) is 0 Å². The molecule has 88 valence electrons. The van der Waals surface area contributed by atoms with E-state index in [9.17, 15) is 0 Å². The van der Waals surface area contributed by atoms with Crippen molar-refractivity contribution >= 4 is 0 Å².